The molecule has 4 heteroatoms. The Hall–Kier alpha value is -1.42. The molecule has 1 aromatic rings. The number of carbonyl (C=O) groups excluding carboxylic acids is 1. The second-order valence-corrected chi connectivity index (χ2v) is 6.73. The van der Waals surface area contributed by atoms with Crippen molar-refractivity contribution < 1.29 is 13.9 Å². The van der Waals surface area contributed by atoms with Crippen LogP contribution in [0.2, 0.25) is 0 Å². The number of rotatable bonds is 3. The minimum atomic E-state index is -0.576. The standard InChI is InChI=1S/C18H24FNO2/c1-20-12-9-16(13-20)22-17(21)18(10-3-2-4-11-18)14-5-7-15(19)8-6-14/h5-8,16H,2-4,9-13H2,1H3/t16-/m0/s1. The van der Waals surface area contributed by atoms with Crippen LogP contribution in [0.25, 0.3) is 0 Å². The highest BCUT2D eigenvalue weighted by Crippen LogP contribution is 2.41. The molecule has 3 nitrogen and oxygen atoms in total. The predicted octanol–water partition coefficient (Wildman–Crippen LogP) is 3.27. The number of likely N-dealkylation sites (tertiary alicyclic amines) is 1. The molecule has 1 atom stereocenters. The van der Waals surface area contributed by atoms with E-state index in [1.165, 1.54) is 12.1 Å². The van der Waals surface area contributed by atoms with Gasteiger partial charge in [0.05, 0.1) is 5.41 Å². The molecule has 120 valence electrons. The van der Waals surface area contributed by atoms with Crippen LogP contribution in [0.1, 0.15) is 44.1 Å². The minimum absolute atomic E-state index is 0.00301. The highest BCUT2D eigenvalue weighted by atomic mass is 19.1. The number of benzene rings is 1. The number of carbonyl (C=O) groups is 1. The van der Waals surface area contributed by atoms with E-state index in [1.54, 1.807) is 12.1 Å². The van der Waals surface area contributed by atoms with Crippen molar-refractivity contribution >= 4 is 5.97 Å². The molecule has 1 aromatic carbocycles. The van der Waals surface area contributed by atoms with Crippen molar-refractivity contribution in [2.75, 3.05) is 20.1 Å². The second kappa shape index (κ2) is 6.37. The smallest absolute Gasteiger partial charge is 0.316 e. The molecule has 0 spiro atoms. The molecular weight excluding hydrogens is 281 g/mol. The zero-order valence-corrected chi connectivity index (χ0v) is 13.2. The van der Waals surface area contributed by atoms with Gasteiger partial charge in [0.25, 0.3) is 0 Å². The number of likely N-dealkylation sites (N-methyl/N-ethyl adjacent to an activating group) is 1. The maximum Gasteiger partial charge on any atom is 0.316 e. The SMILES string of the molecule is CN1CC[C@H](OC(=O)C2(c3ccc(F)cc3)CCCCC2)C1. The highest BCUT2D eigenvalue weighted by Gasteiger charge is 2.43. The number of nitrogens with zero attached hydrogens (tertiary/aromatic N) is 1. The van der Waals surface area contributed by atoms with Gasteiger partial charge >= 0.3 is 5.97 Å². The van der Waals surface area contributed by atoms with Crippen molar-refractivity contribution in [3.05, 3.63) is 35.6 Å². The van der Waals surface area contributed by atoms with Gasteiger partial charge in [0.2, 0.25) is 0 Å². The van der Waals surface area contributed by atoms with Crippen molar-refractivity contribution in [3.8, 4) is 0 Å². The summed E-state index contributed by atoms with van der Waals surface area (Å²) in [6, 6.07) is 6.40. The fraction of sp³-hybridized carbons (Fsp3) is 0.611. The van der Waals surface area contributed by atoms with Gasteiger partial charge in [-0.05, 0) is 44.0 Å². The van der Waals surface area contributed by atoms with Gasteiger partial charge in [0.1, 0.15) is 11.9 Å². The fourth-order valence-electron chi connectivity index (χ4n) is 3.79. The van der Waals surface area contributed by atoms with E-state index in [9.17, 15) is 9.18 Å². The lowest BCUT2D eigenvalue weighted by Gasteiger charge is -2.36. The monoisotopic (exact) mass is 305 g/mol. The van der Waals surface area contributed by atoms with Crippen LogP contribution in [0.15, 0.2) is 24.3 Å². The summed E-state index contributed by atoms with van der Waals surface area (Å²) in [7, 11) is 2.05. The third-order valence-corrected chi connectivity index (χ3v) is 5.12. The normalized spacial score (nSPS) is 25.1. The van der Waals surface area contributed by atoms with E-state index >= 15 is 0 Å². The van der Waals surface area contributed by atoms with Gasteiger partial charge in [0.15, 0.2) is 0 Å². The lowest BCUT2D eigenvalue weighted by Crippen LogP contribution is -2.41. The lowest BCUT2D eigenvalue weighted by atomic mass is 9.69. The molecule has 0 aromatic heterocycles. The Morgan fingerprint density at radius 1 is 1.23 bits per heavy atom. The van der Waals surface area contributed by atoms with Crippen LogP contribution in [0.4, 0.5) is 4.39 Å². The van der Waals surface area contributed by atoms with Crippen LogP contribution in [0.5, 0.6) is 0 Å². The van der Waals surface area contributed by atoms with Gasteiger partial charge in [-0.15, -0.1) is 0 Å². The molecule has 1 heterocycles. The maximum atomic E-state index is 13.2. The summed E-state index contributed by atoms with van der Waals surface area (Å²) in [6.45, 7) is 1.78. The molecule has 2 fully saturated rings. The molecule has 1 saturated carbocycles. The van der Waals surface area contributed by atoms with E-state index in [0.29, 0.717) is 0 Å². The maximum absolute atomic E-state index is 13.2. The van der Waals surface area contributed by atoms with E-state index < -0.39 is 5.41 Å². The molecule has 2 aliphatic rings. The largest absolute Gasteiger partial charge is 0.460 e. The summed E-state index contributed by atoms with van der Waals surface area (Å²) in [5, 5.41) is 0. The van der Waals surface area contributed by atoms with Gasteiger partial charge < -0.3 is 9.64 Å². The number of hydrogen-bond donors (Lipinski definition) is 0. The molecule has 0 radical (unpaired) electrons. The molecule has 0 N–H and O–H groups in total. The summed E-state index contributed by atoms with van der Waals surface area (Å²) >= 11 is 0. The predicted molar refractivity (Wildman–Crippen MR) is 83.2 cm³/mol. The number of hydrogen-bond acceptors (Lipinski definition) is 3. The fourth-order valence-corrected chi connectivity index (χ4v) is 3.79. The Labute approximate surface area is 131 Å². The zero-order chi connectivity index (χ0) is 15.6. The van der Waals surface area contributed by atoms with Crippen molar-refractivity contribution in [3.63, 3.8) is 0 Å². The first-order chi connectivity index (χ1) is 10.6. The summed E-state index contributed by atoms with van der Waals surface area (Å²) < 4.78 is 19.1. The van der Waals surface area contributed by atoms with Gasteiger partial charge in [-0.25, -0.2) is 4.39 Å². The van der Waals surface area contributed by atoms with Crippen molar-refractivity contribution in [2.45, 2.75) is 50.0 Å². The van der Waals surface area contributed by atoms with E-state index in [-0.39, 0.29) is 17.9 Å². The summed E-state index contributed by atoms with van der Waals surface area (Å²) in [4.78, 5) is 15.1. The molecule has 1 aliphatic heterocycles. The molecular formula is C18H24FNO2. The average Bonchev–Trinajstić information content (AvgIpc) is 2.93. The van der Waals surface area contributed by atoms with Crippen LogP contribution >= 0.6 is 0 Å². The van der Waals surface area contributed by atoms with Gasteiger partial charge in [-0.1, -0.05) is 31.4 Å². The van der Waals surface area contributed by atoms with Crippen LogP contribution < -0.4 is 0 Å². The first-order valence-corrected chi connectivity index (χ1v) is 8.26. The third-order valence-electron chi connectivity index (χ3n) is 5.12. The van der Waals surface area contributed by atoms with Gasteiger partial charge in [-0.2, -0.15) is 0 Å². The van der Waals surface area contributed by atoms with E-state index in [1.807, 2.05) is 7.05 Å². The lowest BCUT2D eigenvalue weighted by molar-refractivity contribution is -0.157. The summed E-state index contributed by atoms with van der Waals surface area (Å²) in [5.41, 5.74) is 0.331. The summed E-state index contributed by atoms with van der Waals surface area (Å²) in [5.74, 6) is -0.375. The first-order valence-electron chi connectivity index (χ1n) is 8.26. The van der Waals surface area contributed by atoms with Crippen LogP contribution in [-0.2, 0) is 14.9 Å². The molecule has 0 bridgehead atoms. The molecule has 1 aliphatic carbocycles. The molecule has 22 heavy (non-hydrogen) atoms. The number of halogens is 1. The Morgan fingerprint density at radius 3 is 2.50 bits per heavy atom. The Kier molecular flexibility index (Phi) is 4.48. The van der Waals surface area contributed by atoms with Gasteiger partial charge in [0, 0.05) is 13.1 Å². The Morgan fingerprint density at radius 2 is 1.91 bits per heavy atom. The molecule has 0 unspecified atom stereocenters. The van der Waals surface area contributed by atoms with E-state index in [4.69, 9.17) is 4.74 Å². The van der Waals surface area contributed by atoms with E-state index in [0.717, 1.165) is 57.2 Å². The zero-order valence-electron chi connectivity index (χ0n) is 13.2. The highest BCUT2D eigenvalue weighted by molar-refractivity contribution is 5.83. The van der Waals surface area contributed by atoms with Crippen LogP contribution in [-0.4, -0.2) is 37.1 Å². The van der Waals surface area contributed by atoms with Gasteiger partial charge in [-0.3, -0.25) is 4.79 Å². The van der Waals surface area contributed by atoms with Crippen molar-refractivity contribution in [1.29, 1.82) is 0 Å². The topological polar surface area (TPSA) is 29.5 Å². The minimum Gasteiger partial charge on any atom is -0.460 e. The Balaban J connectivity index is 1.82. The number of ether oxygens (including phenoxy) is 1. The second-order valence-electron chi connectivity index (χ2n) is 6.73. The van der Waals surface area contributed by atoms with Crippen molar-refractivity contribution in [2.24, 2.45) is 0 Å². The first kappa shape index (κ1) is 15.5. The van der Waals surface area contributed by atoms with E-state index in [2.05, 4.69) is 4.90 Å². The van der Waals surface area contributed by atoms with Crippen molar-refractivity contribution in [1.82, 2.24) is 4.90 Å². The molecule has 3 rings (SSSR count). The molecule has 1 saturated heterocycles. The van der Waals surface area contributed by atoms with Crippen LogP contribution in [0, 0.1) is 5.82 Å². The average molecular weight is 305 g/mol. The molecule has 0 amide bonds. The third kappa shape index (κ3) is 3.02. The van der Waals surface area contributed by atoms with Crippen LogP contribution in [0.3, 0.4) is 0 Å². The Bertz CT molecular complexity index is 522. The number of esters is 1. The summed E-state index contributed by atoms with van der Waals surface area (Å²) in [6.07, 6.45) is 5.72. The quantitative estimate of drug-likeness (QED) is 0.803.